The van der Waals surface area contributed by atoms with Gasteiger partial charge < -0.3 is 9.80 Å². The van der Waals surface area contributed by atoms with Crippen molar-refractivity contribution in [3.63, 3.8) is 0 Å². The van der Waals surface area contributed by atoms with Crippen LogP contribution in [0.3, 0.4) is 0 Å². The van der Waals surface area contributed by atoms with Gasteiger partial charge in [-0.15, -0.1) is 0 Å². The molecule has 0 atom stereocenters. The van der Waals surface area contributed by atoms with Gasteiger partial charge in [-0.1, -0.05) is 11.6 Å². The maximum atomic E-state index is 13.3. The Morgan fingerprint density at radius 1 is 1.00 bits per heavy atom. The summed E-state index contributed by atoms with van der Waals surface area (Å²) in [5, 5.41) is 1.52. The molecule has 1 saturated heterocycles. The van der Waals surface area contributed by atoms with Crippen molar-refractivity contribution < 1.29 is 9.18 Å². The van der Waals surface area contributed by atoms with Gasteiger partial charge in [-0.05, 0) is 55.3 Å². The van der Waals surface area contributed by atoms with Crippen molar-refractivity contribution in [2.45, 2.75) is 12.8 Å². The molecule has 5 nitrogen and oxygen atoms in total. The highest BCUT2D eigenvalue weighted by Crippen LogP contribution is 2.33. The monoisotopic (exact) mass is 410 g/mol. The number of nitrogens with zero attached hydrogens (tertiary/aromatic N) is 4. The molecule has 1 aliphatic carbocycles. The summed E-state index contributed by atoms with van der Waals surface area (Å²) in [6.45, 7) is 2.83. The van der Waals surface area contributed by atoms with Gasteiger partial charge in [-0.3, -0.25) is 4.79 Å². The number of anilines is 1. The van der Waals surface area contributed by atoms with Crippen LogP contribution < -0.4 is 4.90 Å². The first-order chi connectivity index (χ1) is 14.1. The molecule has 0 radical (unpaired) electrons. The minimum atomic E-state index is -0.297. The third-order valence-corrected chi connectivity index (χ3v) is 5.79. The Labute approximate surface area is 173 Å². The minimum Gasteiger partial charge on any atom is -0.352 e. The Hall–Kier alpha value is -2.73. The smallest absolute Gasteiger partial charge is 0.225 e. The van der Waals surface area contributed by atoms with Crippen LogP contribution in [0.15, 0.2) is 42.5 Å². The molecule has 5 rings (SSSR count). The van der Waals surface area contributed by atoms with E-state index < -0.39 is 0 Å². The van der Waals surface area contributed by atoms with Crippen LogP contribution >= 0.6 is 11.6 Å². The number of piperazine rings is 1. The van der Waals surface area contributed by atoms with Crippen LogP contribution in [0.25, 0.3) is 22.3 Å². The van der Waals surface area contributed by atoms with Crippen molar-refractivity contribution in [1.82, 2.24) is 14.9 Å². The van der Waals surface area contributed by atoms with E-state index in [2.05, 4.69) is 9.88 Å². The van der Waals surface area contributed by atoms with E-state index in [9.17, 15) is 9.18 Å². The number of hydrogen-bond acceptors (Lipinski definition) is 4. The molecular weight excluding hydrogens is 391 g/mol. The van der Waals surface area contributed by atoms with Crippen molar-refractivity contribution in [2.24, 2.45) is 5.92 Å². The molecule has 1 aliphatic heterocycles. The zero-order valence-corrected chi connectivity index (χ0v) is 16.6. The second-order valence-electron chi connectivity index (χ2n) is 7.63. The highest BCUT2D eigenvalue weighted by Gasteiger charge is 2.35. The van der Waals surface area contributed by atoms with E-state index in [1.807, 2.05) is 23.1 Å². The molecule has 1 amide bonds. The molecule has 1 aromatic heterocycles. The van der Waals surface area contributed by atoms with Gasteiger partial charge in [-0.25, -0.2) is 14.4 Å². The number of hydrogen-bond donors (Lipinski definition) is 0. The van der Waals surface area contributed by atoms with E-state index >= 15 is 0 Å². The van der Waals surface area contributed by atoms with Crippen molar-refractivity contribution in [1.29, 1.82) is 0 Å². The topological polar surface area (TPSA) is 49.3 Å². The molecule has 0 N–H and O–H groups in total. The van der Waals surface area contributed by atoms with E-state index in [-0.39, 0.29) is 17.6 Å². The zero-order chi connectivity index (χ0) is 20.0. The molecule has 2 heterocycles. The lowest BCUT2D eigenvalue weighted by atomic mass is 10.1. The summed E-state index contributed by atoms with van der Waals surface area (Å²) in [6.07, 6.45) is 2.05. The summed E-state index contributed by atoms with van der Waals surface area (Å²) in [6, 6.07) is 11.8. The summed E-state index contributed by atoms with van der Waals surface area (Å²) in [5.41, 5.74) is 1.50. The lowest BCUT2D eigenvalue weighted by molar-refractivity contribution is -0.132. The van der Waals surface area contributed by atoms with Gasteiger partial charge in [0.1, 0.15) is 11.6 Å². The number of aromatic nitrogens is 2. The average Bonchev–Trinajstić information content (AvgIpc) is 3.58. The van der Waals surface area contributed by atoms with Crippen molar-refractivity contribution in [3.8, 4) is 11.4 Å². The third-order valence-electron chi connectivity index (χ3n) is 5.56. The Bertz CT molecular complexity index is 1080. The Morgan fingerprint density at radius 2 is 1.72 bits per heavy atom. The number of benzene rings is 2. The van der Waals surface area contributed by atoms with Crippen LogP contribution in [0.4, 0.5) is 10.2 Å². The van der Waals surface area contributed by atoms with Crippen LogP contribution in [-0.2, 0) is 4.79 Å². The second-order valence-corrected chi connectivity index (χ2v) is 8.06. The van der Waals surface area contributed by atoms with Crippen LogP contribution in [-0.4, -0.2) is 47.0 Å². The molecule has 2 aliphatic rings. The number of amides is 1. The molecular formula is C22H20ClFN4O. The lowest BCUT2D eigenvalue weighted by Crippen LogP contribution is -2.49. The molecule has 2 aromatic carbocycles. The molecule has 29 heavy (non-hydrogen) atoms. The van der Waals surface area contributed by atoms with Gasteiger partial charge in [0.25, 0.3) is 0 Å². The summed E-state index contributed by atoms with van der Waals surface area (Å²) >= 11 is 6.20. The summed E-state index contributed by atoms with van der Waals surface area (Å²) in [5.74, 6) is 1.59. The van der Waals surface area contributed by atoms with Gasteiger partial charge in [0, 0.05) is 48.1 Å². The van der Waals surface area contributed by atoms with E-state index in [4.69, 9.17) is 16.6 Å². The fourth-order valence-electron chi connectivity index (χ4n) is 3.78. The zero-order valence-electron chi connectivity index (χ0n) is 15.8. The molecule has 2 fully saturated rings. The molecule has 0 unspecified atom stereocenters. The predicted molar refractivity (Wildman–Crippen MR) is 111 cm³/mol. The number of rotatable bonds is 3. The fraction of sp³-hybridized carbons (Fsp3) is 0.318. The normalized spacial score (nSPS) is 17.0. The Kier molecular flexibility index (Phi) is 4.59. The molecule has 1 saturated carbocycles. The van der Waals surface area contributed by atoms with Gasteiger partial charge >= 0.3 is 0 Å². The highest BCUT2D eigenvalue weighted by atomic mass is 35.5. The van der Waals surface area contributed by atoms with Crippen LogP contribution in [0.1, 0.15) is 12.8 Å². The Morgan fingerprint density at radius 3 is 2.41 bits per heavy atom. The maximum Gasteiger partial charge on any atom is 0.225 e. The van der Waals surface area contributed by atoms with Gasteiger partial charge in [-0.2, -0.15) is 0 Å². The lowest BCUT2D eigenvalue weighted by Gasteiger charge is -2.36. The van der Waals surface area contributed by atoms with E-state index in [1.165, 1.54) is 12.1 Å². The first kappa shape index (κ1) is 18.3. The number of halogens is 2. The first-order valence-corrected chi connectivity index (χ1v) is 10.2. The maximum absolute atomic E-state index is 13.3. The van der Waals surface area contributed by atoms with Crippen LogP contribution in [0.2, 0.25) is 5.02 Å². The van der Waals surface area contributed by atoms with Crippen LogP contribution in [0, 0.1) is 11.7 Å². The molecule has 7 heteroatoms. The summed E-state index contributed by atoms with van der Waals surface area (Å²) in [4.78, 5) is 26.0. The van der Waals surface area contributed by atoms with Gasteiger partial charge in [0.15, 0.2) is 5.82 Å². The number of carbonyl (C=O) groups excluding carboxylic acids is 1. The Balaban J connectivity index is 1.50. The molecule has 148 valence electrons. The highest BCUT2D eigenvalue weighted by molar-refractivity contribution is 6.31. The van der Waals surface area contributed by atoms with E-state index in [1.54, 1.807) is 12.1 Å². The molecule has 0 bridgehead atoms. The third kappa shape index (κ3) is 3.65. The summed E-state index contributed by atoms with van der Waals surface area (Å²) in [7, 11) is 0. The standard InChI is InChI=1S/C22H20ClFN4O/c23-16-5-8-18-19(13-16)25-20(14-3-6-17(24)7-4-14)26-21(18)27-9-11-28(12-10-27)22(29)15-1-2-15/h3-8,13,15H,1-2,9-12H2. The molecule has 0 spiro atoms. The van der Waals surface area contributed by atoms with Gasteiger partial charge in [0.05, 0.1) is 5.52 Å². The first-order valence-electron chi connectivity index (χ1n) is 9.85. The number of carbonyl (C=O) groups is 1. The quantitative estimate of drug-likeness (QED) is 0.651. The van der Waals surface area contributed by atoms with E-state index in [0.717, 1.165) is 48.2 Å². The largest absolute Gasteiger partial charge is 0.352 e. The minimum absolute atomic E-state index is 0.244. The number of fused-ring (bicyclic) bond motifs is 1. The second kappa shape index (κ2) is 7.26. The summed E-state index contributed by atoms with van der Waals surface area (Å²) < 4.78 is 13.3. The van der Waals surface area contributed by atoms with Crippen LogP contribution in [0.5, 0.6) is 0 Å². The predicted octanol–water partition coefficient (Wildman–Crippen LogP) is 4.15. The SMILES string of the molecule is O=C(C1CC1)N1CCN(c2nc(-c3ccc(F)cc3)nc3cc(Cl)ccc23)CC1. The fourth-order valence-corrected chi connectivity index (χ4v) is 3.95. The van der Waals surface area contributed by atoms with Crippen molar-refractivity contribution >= 4 is 34.2 Å². The van der Waals surface area contributed by atoms with Gasteiger partial charge in [0.2, 0.25) is 5.91 Å². The molecule has 3 aromatic rings. The van der Waals surface area contributed by atoms with Crippen molar-refractivity contribution in [2.75, 3.05) is 31.1 Å². The average molecular weight is 411 g/mol. The van der Waals surface area contributed by atoms with E-state index in [0.29, 0.717) is 23.9 Å². The van der Waals surface area contributed by atoms with Crippen molar-refractivity contribution in [3.05, 3.63) is 53.3 Å².